The second-order valence-corrected chi connectivity index (χ2v) is 9.73. The Kier molecular flexibility index (Phi) is 7.28. The maximum absolute atomic E-state index is 13.8. The molecule has 3 aromatic rings. The second-order valence-electron chi connectivity index (χ2n) is 9.73. The van der Waals surface area contributed by atoms with Gasteiger partial charge in [0.25, 0.3) is 11.8 Å². The minimum absolute atomic E-state index is 0.188. The zero-order chi connectivity index (χ0) is 24.9. The van der Waals surface area contributed by atoms with Crippen LogP contribution in [0.1, 0.15) is 48.0 Å². The van der Waals surface area contributed by atoms with Crippen molar-refractivity contribution in [2.75, 3.05) is 6.54 Å². The molecular weight excluding hydrogens is 452 g/mol. The van der Waals surface area contributed by atoms with Crippen molar-refractivity contribution in [2.24, 2.45) is 0 Å². The number of nitrogens with zero attached hydrogens (tertiary/aromatic N) is 1. The molecule has 0 bridgehead atoms. The Bertz CT molecular complexity index is 1240. The fourth-order valence-electron chi connectivity index (χ4n) is 4.93. The fourth-order valence-corrected chi connectivity index (χ4v) is 4.93. The van der Waals surface area contributed by atoms with Gasteiger partial charge in [0.1, 0.15) is 12.1 Å². The summed E-state index contributed by atoms with van der Waals surface area (Å²) in [7, 11) is 0. The van der Waals surface area contributed by atoms with E-state index in [2.05, 4.69) is 16.2 Å². The first-order valence-corrected chi connectivity index (χ1v) is 12.8. The summed E-state index contributed by atoms with van der Waals surface area (Å²) in [6.45, 7) is 0.498. The molecule has 5 rings (SSSR count). The van der Waals surface area contributed by atoms with Gasteiger partial charge in [0.05, 0.1) is 0 Å². The largest absolute Gasteiger partial charge is 0.340 e. The van der Waals surface area contributed by atoms with Crippen LogP contribution in [0.2, 0.25) is 0 Å². The number of benzene rings is 3. The maximum atomic E-state index is 13.8. The van der Waals surface area contributed by atoms with E-state index < -0.39 is 12.1 Å². The predicted molar refractivity (Wildman–Crippen MR) is 139 cm³/mol. The highest BCUT2D eigenvalue weighted by atomic mass is 16.2. The third-order valence-corrected chi connectivity index (χ3v) is 7.24. The van der Waals surface area contributed by atoms with Crippen molar-refractivity contribution < 1.29 is 14.4 Å². The van der Waals surface area contributed by atoms with E-state index in [4.69, 9.17) is 0 Å². The third kappa shape index (κ3) is 5.41. The predicted octanol–water partition coefficient (Wildman–Crippen LogP) is 3.35. The second kappa shape index (κ2) is 10.9. The summed E-state index contributed by atoms with van der Waals surface area (Å²) in [5.74, 6) is -0.719. The van der Waals surface area contributed by atoms with Crippen LogP contribution in [0.4, 0.5) is 0 Å². The van der Waals surface area contributed by atoms with Crippen LogP contribution in [-0.2, 0) is 16.0 Å². The number of nitrogens with one attached hydrogen (secondary N) is 3. The van der Waals surface area contributed by atoms with Gasteiger partial charge in [0, 0.05) is 24.6 Å². The molecule has 3 aromatic carbocycles. The van der Waals surface area contributed by atoms with Gasteiger partial charge < -0.3 is 10.2 Å². The Morgan fingerprint density at radius 1 is 0.861 bits per heavy atom. The van der Waals surface area contributed by atoms with E-state index in [-0.39, 0.29) is 17.7 Å². The highest BCUT2D eigenvalue weighted by Gasteiger charge is 2.38. The standard InChI is InChI=1S/C29H32N4O3/c34-27(23-16-15-21-10-4-5-11-22(21)19-23)30-25(18-20-8-2-1-3-9-20)29(36)33-17-7-14-26(33)28(35)32-31-24-12-6-13-24/h1-5,8-11,15-16,19,24-26,31H,6-7,12-14,17-18H2,(H,30,34)(H,32,35)/t25-,26-/m0/s1. The average Bonchev–Trinajstić information content (AvgIpc) is 3.37. The molecule has 36 heavy (non-hydrogen) atoms. The van der Waals surface area contributed by atoms with E-state index in [1.165, 1.54) is 6.42 Å². The Morgan fingerprint density at radius 3 is 2.36 bits per heavy atom. The minimum atomic E-state index is -0.778. The quantitative estimate of drug-likeness (QED) is 0.428. The highest BCUT2D eigenvalue weighted by molar-refractivity contribution is 6.01. The topological polar surface area (TPSA) is 90.5 Å². The number of hydrazine groups is 1. The maximum Gasteiger partial charge on any atom is 0.256 e. The molecular formula is C29H32N4O3. The van der Waals surface area contributed by atoms with Crippen LogP contribution in [0.25, 0.3) is 10.8 Å². The zero-order valence-electron chi connectivity index (χ0n) is 20.3. The highest BCUT2D eigenvalue weighted by Crippen LogP contribution is 2.21. The van der Waals surface area contributed by atoms with Crippen molar-refractivity contribution in [1.82, 2.24) is 21.1 Å². The number of carbonyl (C=O) groups is 3. The van der Waals surface area contributed by atoms with Gasteiger partial charge in [0.15, 0.2) is 0 Å². The summed E-state index contributed by atoms with van der Waals surface area (Å²) in [5.41, 5.74) is 7.34. The van der Waals surface area contributed by atoms with Crippen molar-refractivity contribution in [3.63, 3.8) is 0 Å². The number of fused-ring (bicyclic) bond motifs is 1. The molecule has 2 fully saturated rings. The van der Waals surface area contributed by atoms with E-state index in [9.17, 15) is 14.4 Å². The van der Waals surface area contributed by atoms with Crippen LogP contribution in [0, 0.1) is 0 Å². The van der Waals surface area contributed by atoms with E-state index in [0.29, 0.717) is 31.0 Å². The van der Waals surface area contributed by atoms with Crippen molar-refractivity contribution in [3.8, 4) is 0 Å². The molecule has 0 radical (unpaired) electrons. The molecule has 0 unspecified atom stereocenters. The molecule has 7 nitrogen and oxygen atoms in total. The Labute approximate surface area is 211 Å². The van der Waals surface area contributed by atoms with Gasteiger partial charge in [-0.2, -0.15) is 0 Å². The normalized spacial score (nSPS) is 18.4. The van der Waals surface area contributed by atoms with Gasteiger partial charge >= 0.3 is 0 Å². The summed E-state index contributed by atoms with van der Waals surface area (Å²) in [5, 5.41) is 4.99. The molecule has 1 heterocycles. The molecule has 186 valence electrons. The van der Waals surface area contributed by atoms with E-state index in [0.717, 1.165) is 35.6 Å². The van der Waals surface area contributed by atoms with Crippen molar-refractivity contribution in [3.05, 3.63) is 83.9 Å². The number of hydrogen-bond acceptors (Lipinski definition) is 4. The molecule has 2 atom stereocenters. The molecule has 1 saturated heterocycles. The van der Waals surface area contributed by atoms with Gasteiger partial charge in [-0.05, 0) is 54.2 Å². The summed E-state index contributed by atoms with van der Waals surface area (Å²) in [6.07, 6.45) is 4.98. The van der Waals surface area contributed by atoms with Gasteiger partial charge in [-0.25, -0.2) is 5.43 Å². The van der Waals surface area contributed by atoms with Crippen LogP contribution in [0.3, 0.4) is 0 Å². The summed E-state index contributed by atoms with van der Waals surface area (Å²) >= 11 is 0. The van der Waals surface area contributed by atoms with Crippen LogP contribution in [0.15, 0.2) is 72.8 Å². The lowest BCUT2D eigenvalue weighted by atomic mass is 9.94. The third-order valence-electron chi connectivity index (χ3n) is 7.24. The fraction of sp³-hybridized carbons (Fsp3) is 0.345. The number of rotatable bonds is 8. The lowest BCUT2D eigenvalue weighted by Gasteiger charge is -2.31. The number of amides is 3. The summed E-state index contributed by atoms with van der Waals surface area (Å²) in [4.78, 5) is 41.6. The van der Waals surface area contributed by atoms with E-state index in [1.54, 1.807) is 11.0 Å². The van der Waals surface area contributed by atoms with Gasteiger partial charge in [-0.3, -0.25) is 19.8 Å². The first-order valence-electron chi connectivity index (χ1n) is 12.8. The van der Waals surface area contributed by atoms with Crippen LogP contribution < -0.4 is 16.2 Å². The zero-order valence-corrected chi connectivity index (χ0v) is 20.3. The molecule has 7 heteroatoms. The average molecular weight is 485 g/mol. The van der Waals surface area contributed by atoms with Gasteiger partial charge in [-0.15, -0.1) is 0 Å². The molecule has 3 N–H and O–H groups in total. The SMILES string of the molecule is O=C(N[C@@H](Cc1ccccc1)C(=O)N1CCC[C@H]1C(=O)NNC1CCC1)c1ccc2ccccc2c1. The molecule has 0 aromatic heterocycles. The first kappa shape index (κ1) is 24.0. The molecule has 0 spiro atoms. The lowest BCUT2D eigenvalue weighted by molar-refractivity contribution is -0.140. The first-order chi connectivity index (χ1) is 17.6. The molecule has 3 amide bonds. The van der Waals surface area contributed by atoms with Gasteiger partial charge in [0.2, 0.25) is 5.91 Å². The Balaban J connectivity index is 1.33. The molecule has 1 aliphatic heterocycles. The summed E-state index contributed by atoms with van der Waals surface area (Å²) < 4.78 is 0. The Hall–Kier alpha value is -3.71. The van der Waals surface area contributed by atoms with Crippen LogP contribution in [-0.4, -0.2) is 47.3 Å². The number of hydrogen-bond donors (Lipinski definition) is 3. The lowest BCUT2D eigenvalue weighted by Crippen LogP contribution is -2.57. The van der Waals surface area contributed by atoms with Crippen molar-refractivity contribution in [2.45, 2.75) is 56.7 Å². The molecule has 2 aliphatic rings. The number of likely N-dealkylation sites (tertiary alicyclic amines) is 1. The number of carbonyl (C=O) groups excluding carboxylic acids is 3. The van der Waals surface area contributed by atoms with Crippen LogP contribution in [0.5, 0.6) is 0 Å². The van der Waals surface area contributed by atoms with E-state index >= 15 is 0 Å². The van der Waals surface area contributed by atoms with Gasteiger partial charge in [-0.1, -0.05) is 67.1 Å². The molecule has 1 saturated carbocycles. The monoisotopic (exact) mass is 484 g/mol. The summed E-state index contributed by atoms with van der Waals surface area (Å²) in [6, 6.07) is 22.0. The molecule has 1 aliphatic carbocycles. The van der Waals surface area contributed by atoms with Crippen molar-refractivity contribution in [1.29, 1.82) is 0 Å². The van der Waals surface area contributed by atoms with E-state index in [1.807, 2.05) is 66.7 Å². The Morgan fingerprint density at radius 2 is 1.61 bits per heavy atom. The van der Waals surface area contributed by atoms with Crippen molar-refractivity contribution >= 4 is 28.5 Å². The minimum Gasteiger partial charge on any atom is -0.340 e. The smallest absolute Gasteiger partial charge is 0.256 e. The van der Waals surface area contributed by atoms with Crippen LogP contribution >= 0.6 is 0 Å².